The molecule has 1 N–H and O–H groups in total. The predicted molar refractivity (Wildman–Crippen MR) is 95.2 cm³/mol. The van der Waals surface area contributed by atoms with E-state index in [0.29, 0.717) is 18.0 Å². The molecule has 4 heterocycles. The monoisotopic (exact) mass is 357 g/mol. The topological polar surface area (TPSA) is 74.1 Å². The molecule has 25 heavy (non-hydrogen) atoms. The smallest absolute Gasteiger partial charge is 0.184 e. The second kappa shape index (κ2) is 6.81. The minimum Gasteiger partial charge on any atom is -0.493 e. The zero-order valence-corrected chi connectivity index (χ0v) is 15.0. The predicted octanol–water partition coefficient (Wildman–Crippen LogP) is 2.11. The van der Waals surface area contributed by atoms with Gasteiger partial charge in [-0.05, 0) is 18.1 Å². The molecule has 0 saturated heterocycles. The number of hydrogen-bond donors (Lipinski definition) is 1. The summed E-state index contributed by atoms with van der Waals surface area (Å²) in [7, 11) is 3.22. The Morgan fingerprint density at radius 1 is 1.32 bits per heavy atom. The molecule has 0 aliphatic carbocycles. The van der Waals surface area contributed by atoms with Gasteiger partial charge in [0.25, 0.3) is 0 Å². The number of pyridine rings is 1. The summed E-state index contributed by atoms with van der Waals surface area (Å²) in [5.74, 6) is 1.28. The Morgan fingerprint density at radius 2 is 2.24 bits per heavy atom. The molecule has 0 radical (unpaired) electrons. The van der Waals surface area contributed by atoms with Crippen molar-refractivity contribution in [2.45, 2.75) is 19.5 Å². The van der Waals surface area contributed by atoms with Gasteiger partial charge in [-0.25, -0.2) is 4.68 Å². The van der Waals surface area contributed by atoms with Crippen LogP contribution in [0.5, 0.6) is 11.5 Å². The second-order valence-corrected chi connectivity index (χ2v) is 6.92. The van der Waals surface area contributed by atoms with Crippen molar-refractivity contribution in [2.75, 3.05) is 20.8 Å². The third-order valence-corrected chi connectivity index (χ3v) is 5.47. The van der Waals surface area contributed by atoms with Crippen LogP contribution in [0.25, 0.3) is 10.6 Å². The molecule has 0 fully saturated rings. The molecule has 0 amide bonds. The fourth-order valence-corrected chi connectivity index (χ4v) is 4.12. The van der Waals surface area contributed by atoms with Crippen molar-refractivity contribution in [3.05, 3.63) is 40.7 Å². The average Bonchev–Trinajstić information content (AvgIpc) is 3.27. The number of fused-ring (bicyclic) bond motifs is 1. The van der Waals surface area contributed by atoms with Crippen LogP contribution < -0.4 is 14.8 Å². The number of methoxy groups -OCH3 is 2. The van der Waals surface area contributed by atoms with Gasteiger partial charge in [-0.3, -0.25) is 4.98 Å². The molecule has 0 unspecified atom stereocenters. The normalized spacial score (nSPS) is 13.5. The molecule has 4 rings (SSSR count). The maximum atomic E-state index is 5.43. The fraction of sp³-hybridized carbons (Fsp3) is 0.353. The minimum absolute atomic E-state index is 0.472. The molecule has 0 atom stereocenters. The van der Waals surface area contributed by atoms with E-state index in [2.05, 4.69) is 26.7 Å². The van der Waals surface area contributed by atoms with E-state index >= 15 is 0 Å². The Kier molecular flexibility index (Phi) is 4.37. The van der Waals surface area contributed by atoms with E-state index in [0.717, 1.165) is 35.8 Å². The van der Waals surface area contributed by atoms with Crippen LogP contribution in [0, 0.1) is 0 Å². The number of nitrogens with one attached hydrogen (secondary N) is 1. The van der Waals surface area contributed by atoms with Crippen molar-refractivity contribution in [1.29, 1.82) is 0 Å². The summed E-state index contributed by atoms with van der Waals surface area (Å²) < 4.78 is 12.5. The van der Waals surface area contributed by atoms with Gasteiger partial charge < -0.3 is 14.8 Å². The average molecular weight is 357 g/mol. The van der Waals surface area contributed by atoms with Crippen molar-refractivity contribution in [3.63, 3.8) is 0 Å². The van der Waals surface area contributed by atoms with Gasteiger partial charge in [0.2, 0.25) is 0 Å². The molecule has 7 nitrogen and oxygen atoms in total. The van der Waals surface area contributed by atoms with Crippen LogP contribution in [-0.2, 0) is 19.5 Å². The maximum Gasteiger partial charge on any atom is 0.184 e. The maximum absolute atomic E-state index is 5.43. The molecular formula is C17H19N5O2S. The molecule has 0 bridgehead atoms. The van der Waals surface area contributed by atoms with E-state index in [1.54, 1.807) is 42.5 Å². The van der Waals surface area contributed by atoms with E-state index in [4.69, 9.17) is 9.47 Å². The first kappa shape index (κ1) is 16.0. The highest BCUT2D eigenvalue weighted by molar-refractivity contribution is 7.15. The minimum atomic E-state index is 0.472. The van der Waals surface area contributed by atoms with Gasteiger partial charge in [0.15, 0.2) is 11.5 Å². The molecule has 0 aromatic carbocycles. The lowest BCUT2D eigenvalue weighted by Gasteiger charge is -2.11. The summed E-state index contributed by atoms with van der Waals surface area (Å²) in [6, 6.07) is 3.99. The van der Waals surface area contributed by atoms with Crippen LogP contribution in [0.3, 0.4) is 0 Å². The highest BCUT2D eigenvalue weighted by Gasteiger charge is 2.17. The third kappa shape index (κ3) is 3.10. The summed E-state index contributed by atoms with van der Waals surface area (Å²) in [4.78, 5) is 6.99. The SMILES string of the molecule is COc1ccnc(Cn2cc(-c3cc4c(s3)CCNC4)nn2)c1OC. The first-order valence-electron chi connectivity index (χ1n) is 8.07. The third-order valence-electron chi connectivity index (χ3n) is 4.21. The Balaban J connectivity index is 1.59. The van der Waals surface area contributed by atoms with Gasteiger partial charge in [-0.15, -0.1) is 16.4 Å². The van der Waals surface area contributed by atoms with Crippen LogP contribution in [-0.4, -0.2) is 40.7 Å². The van der Waals surface area contributed by atoms with E-state index in [1.807, 2.05) is 6.20 Å². The van der Waals surface area contributed by atoms with Gasteiger partial charge in [0.05, 0.1) is 31.8 Å². The summed E-state index contributed by atoms with van der Waals surface area (Å²) in [6.45, 7) is 2.45. The van der Waals surface area contributed by atoms with E-state index in [9.17, 15) is 0 Å². The number of hydrogen-bond acceptors (Lipinski definition) is 7. The highest BCUT2D eigenvalue weighted by Crippen LogP contribution is 2.33. The van der Waals surface area contributed by atoms with Crippen molar-refractivity contribution in [2.24, 2.45) is 0 Å². The van der Waals surface area contributed by atoms with Gasteiger partial charge >= 0.3 is 0 Å². The molecule has 0 spiro atoms. The molecule has 1 aliphatic heterocycles. The van der Waals surface area contributed by atoms with Crippen LogP contribution in [0.1, 0.15) is 16.1 Å². The Labute approximate surface area is 149 Å². The number of thiophene rings is 1. The molecule has 3 aromatic rings. The Hall–Kier alpha value is -2.45. The van der Waals surface area contributed by atoms with Crippen molar-refractivity contribution >= 4 is 11.3 Å². The fourth-order valence-electron chi connectivity index (χ4n) is 2.98. The van der Waals surface area contributed by atoms with Crippen LogP contribution in [0.2, 0.25) is 0 Å². The summed E-state index contributed by atoms with van der Waals surface area (Å²) in [6.07, 6.45) is 4.74. The number of aromatic nitrogens is 4. The molecule has 1 aliphatic rings. The van der Waals surface area contributed by atoms with Gasteiger partial charge in [0, 0.05) is 30.2 Å². The summed E-state index contributed by atoms with van der Waals surface area (Å²) in [5, 5.41) is 12.0. The highest BCUT2D eigenvalue weighted by atomic mass is 32.1. The molecule has 130 valence electrons. The standard InChI is InChI=1S/C17H19N5O2S/c1-23-14-3-6-19-13(17(14)24-2)10-22-9-12(20-21-22)16-7-11-8-18-5-4-15(11)25-16/h3,6-7,9,18H,4-5,8,10H2,1-2H3. The van der Waals surface area contributed by atoms with Crippen molar-refractivity contribution < 1.29 is 9.47 Å². The van der Waals surface area contributed by atoms with Crippen LogP contribution in [0.15, 0.2) is 24.5 Å². The van der Waals surface area contributed by atoms with E-state index in [1.165, 1.54) is 10.4 Å². The Bertz CT molecular complexity index is 866. The first-order valence-corrected chi connectivity index (χ1v) is 8.89. The molecule has 0 saturated carbocycles. The van der Waals surface area contributed by atoms with Crippen molar-refractivity contribution in [1.82, 2.24) is 25.3 Å². The zero-order chi connectivity index (χ0) is 17.2. The quantitative estimate of drug-likeness (QED) is 0.754. The Morgan fingerprint density at radius 3 is 3.04 bits per heavy atom. The number of ether oxygens (including phenoxy) is 2. The first-order chi connectivity index (χ1) is 12.3. The van der Waals surface area contributed by atoms with E-state index < -0.39 is 0 Å². The van der Waals surface area contributed by atoms with Crippen LogP contribution >= 0.6 is 11.3 Å². The molecular weight excluding hydrogens is 338 g/mol. The second-order valence-electron chi connectivity index (χ2n) is 5.78. The van der Waals surface area contributed by atoms with E-state index in [-0.39, 0.29) is 0 Å². The summed E-state index contributed by atoms with van der Waals surface area (Å²) >= 11 is 1.81. The lowest BCUT2D eigenvalue weighted by molar-refractivity contribution is 0.348. The lowest BCUT2D eigenvalue weighted by Crippen LogP contribution is -2.21. The summed E-state index contributed by atoms with van der Waals surface area (Å²) in [5.41, 5.74) is 3.02. The van der Waals surface area contributed by atoms with Crippen LogP contribution in [0.4, 0.5) is 0 Å². The number of nitrogens with zero attached hydrogens (tertiary/aromatic N) is 4. The molecule has 8 heteroatoms. The van der Waals surface area contributed by atoms with Crippen molar-refractivity contribution in [3.8, 4) is 22.1 Å². The van der Waals surface area contributed by atoms with Gasteiger partial charge in [0.1, 0.15) is 11.4 Å². The molecule has 3 aromatic heterocycles. The van der Waals surface area contributed by atoms with Gasteiger partial charge in [-0.2, -0.15) is 0 Å². The number of rotatable bonds is 5. The lowest BCUT2D eigenvalue weighted by atomic mass is 10.1. The van der Waals surface area contributed by atoms with Gasteiger partial charge in [-0.1, -0.05) is 5.21 Å². The zero-order valence-electron chi connectivity index (χ0n) is 14.2. The largest absolute Gasteiger partial charge is 0.493 e.